The minimum atomic E-state index is -0.126. The third-order valence-electron chi connectivity index (χ3n) is 6.01. The Morgan fingerprint density at radius 2 is 2.11 bits per heavy atom. The van der Waals surface area contributed by atoms with E-state index in [0.29, 0.717) is 16.6 Å². The summed E-state index contributed by atoms with van der Waals surface area (Å²) < 4.78 is 0. The monoisotopic (exact) mass is 384 g/mol. The summed E-state index contributed by atoms with van der Waals surface area (Å²) in [5.74, 6) is 0.353. The van der Waals surface area contributed by atoms with Gasteiger partial charge in [0, 0.05) is 28.5 Å². The Bertz CT molecular complexity index is 880. The van der Waals surface area contributed by atoms with Crippen LogP contribution in [0.4, 0.5) is 0 Å². The molecule has 2 atom stereocenters. The molecule has 2 aromatic rings. The maximum atomic E-state index is 12.8. The van der Waals surface area contributed by atoms with Gasteiger partial charge in [-0.2, -0.15) is 5.26 Å². The first-order valence-corrected chi connectivity index (χ1v) is 10.2. The zero-order valence-electron chi connectivity index (χ0n) is 15.4. The number of benzene rings is 1. The molecular formula is C21H25ClN4O. The van der Waals surface area contributed by atoms with Crippen LogP contribution < -0.4 is 10.6 Å². The summed E-state index contributed by atoms with van der Waals surface area (Å²) in [7, 11) is 0. The average Bonchev–Trinajstić information content (AvgIpc) is 3.32. The van der Waals surface area contributed by atoms with Gasteiger partial charge in [0.1, 0.15) is 5.69 Å². The van der Waals surface area contributed by atoms with Gasteiger partial charge in [-0.3, -0.25) is 4.79 Å². The molecule has 0 radical (unpaired) electrons. The summed E-state index contributed by atoms with van der Waals surface area (Å²) in [5.41, 5.74) is 1.36. The van der Waals surface area contributed by atoms with Crippen molar-refractivity contribution in [2.75, 3.05) is 13.1 Å². The molecule has 27 heavy (non-hydrogen) atoms. The van der Waals surface area contributed by atoms with E-state index < -0.39 is 0 Å². The van der Waals surface area contributed by atoms with Gasteiger partial charge in [0.2, 0.25) is 0 Å². The molecule has 1 heterocycles. The van der Waals surface area contributed by atoms with E-state index in [1.165, 1.54) is 6.42 Å². The van der Waals surface area contributed by atoms with E-state index >= 15 is 0 Å². The van der Waals surface area contributed by atoms with E-state index in [1.807, 2.05) is 24.3 Å². The van der Waals surface area contributed by atoms with Crippen LogP contribution in [-0.4, -0.2) is 30.0 Å². The van der Waals surface area contributed by atoms with Crippen LogP contribution in [0.25, 0.3) is 10.9 Å². The van der Waals surface area contributed by atoms with Gasteiger partial charge in [0.15, 0.2) is 0 Å². The molecule has 1 aromatic heterocycles. The molecule has 2 aliphatic carbocycles. The summed E-state index contributed by atoms with van der Waals surface area (Å²) in [5, 5.41) is 17.5. The Labute approximate surface area is 164 Å². The quantitative estimate of drug-likeness (QED) is 0.704. The summed E-state index contributed by atoms with van der Waals surface area (Å²) in [6.45, 7) is 1.63. The minimum absolute atomic E-state index is 0.0603. The second kappa shape index (κ2) is 7.53. The van der Waals surface area contributed by atoms with Crippen LogP contribution in [0.1, 0.15) is 49.0 Å². The van der Waals surface area contributed by atoms with Crippen molar-refractivity contribution < 1.29 is 4.79 Å². The number of carbonyl (C=O) groups is 1. The Kier molecular flexibility index (Phi) is 5.12. The molecular weight excluding hydrogens is 360 g/mol. The molecule has 0 aliphatic heterocycles. The molecule has 3 N–H and O–H groups in total. The number of hydrogen-bond acceptors (Lipinski definition) is 3. The van der Waals surface area contributed by atoms with Gasteiger partial charge >= 0.3 is 0 Å². The van der Waals surface area contributed by atoms with Crippen molar-refractivity contribution in [2.45, 2.75) is 44.6 Å². The number of hydrogen-bond donors (Lipinski definition) is 3. The lowest BCUT2D eigenvalue weighted by atomic mass is 9.84. The second-order valence-electron chi connectivity index (χ2n) is 8.06. The third kappa shape index (κ3) is 4.12. The highest BCUT2D eigenvalue weighted by Crippen LogP contribution is 2.44. The van der Waals surface area contributed by atoms with E-state index in [4.69, 9.17) is 11.6 Å². The zero-order valence-corrected chi connectivity index (χ0v) is 16.1. The number of aromatic amines is 1. The van der Waals surface area contributed by atoms with E-state index in [9.17, 15) is 10.1 Å². The molecule has 2 aliphatic rings. The number of carbonyl (C=O) groups excluding carboxylic acids is 1. The number of nitrogens with one attached hydrogen (secondary N) is 3. The summed E-state index contributed by atoms with van der Waals surface area (Å²) >= 11 is 6.04. The predicted molar refractivity (Wildman–Crippen MR) is 107 cm³/mol. The lowest BCUT2D eigenvalue weighted by Gasteiger charge is -2.32. The molecule has 0 saturated heterocycles. The molecule has 0 bridgehead atoms. The van der Waals surface area contributed by atoms with E-state index in [2.05, 4.69) is 21.7 Å². The number of halogens is 1. The van der Waals surface area contributed by atoms with Crippen LogP contribution in [0.5, 0.6) is 0 Å². The highest BCUT2D eigenvalue weighted by molar-refractivity contribution is 6.31. The Morgan fingerprint density at radius 1 is 1.30 bits per heavy atom. The van der Waals surface area contributed by atoms with Gasteiger partial charge in [-0.05, 0) is 62.4 Å². The van der Waals surface area contributed by atoms with Crippen LogP contribution in [0, 0.1) is 22.7 Å². The number of nitrogens with zero attached hydrogens (tertiary/aromatic N) is 1. The molecule has 142 valence electrons. The number of H-pyrrole nitrogens is 1. The largest absolute Gasteiger partial charge is 0.351 e. The van der Waals surface area contributed by atoms with Crippen LogP contribution in [0.15, 0.2) is 24.3 Å². The van der Waals surface area contributed by atoms with E-state index in [1.54, 1.807) is 0 Å². The van der Waals surface area contributed by atoms with E-state index in [0.717, 1.165) is 56.1 Å². The maximum Gasteiger partial charge on any atom is 0.267 e. The third-order valence-corrected chi connectivity index (χ3v) is 6.25. The number of nitriles is 1. The molecule has 2 fully saturated rings. The Hall–Kier alpha value is -2.03. The van der Waals surface area contributed by atoms with Gasteiger partial charge in [-0.1, -0.05) is 24.4 Å². The van der Waals surface area contributed by atoms with Gasteiger partial charge in [-0.15, -0.1) is 0 Å². The summed E-state index contributed by atoms with van der Waals surface area (Å²) in [6, 6.07) is 10.0. The Morgan fingerprint density at radius 3 is 2.89 bits per heavy atom. The van der Waals surface area contributed by atoms with Gasteiger partial charge in [0.05, 0.1) is 11.5 Å². The van der Waals surface area contributed by atoms with Gasteiger partial charge in [0.25, 0.3) is 5.91 Å². The lowest BCUT2D eigenvalue weighted by molar-refractivity contribution is 0.0901. The van der Waals surface area contributed by atoms with E-state index in [-0.39, 0.29) is 17.4 Å². The van der Waals surface area contributed by atoms with Crippen molar-refractivity contribution in [1.82, 2.24) is 15.6 Å². The number of amides is 1. The van der Waals surface area contributed by atoms with Crippen molar-refractivity contribution in [3.05, 3.63) is 35.0 Å². The SMILES string of the molecule is N#CC1(CNC[C@H]2CCCC[C@@H]2NC(=O)c2cc3cc(Cl)ccc3[nH]2)CC1. The van der Waals surface area contributed by atoms with Crippen molar-refractivity contribution in [3.8, 4) is 6.07 Å². The lowest BCUT2D eigenvalue weighted by Crippen LogP contribution is -2.46. The molecule has 1 aromatic carbocycles. The molecule has 5 nitrogen and oxygen atoms in total. The number of fused-ring (bicyclic) bond motifs is 1. The first-order valence-electron chi connectivity index (χ1n) is 9.80. The van der Waals surface area contributed by atoms with Crippen molar-refractivity contribution in [1.29, 1.82) is 5.26 Å². The highest BCUT2D eigenvalue weighted by atomic mass is 35.5. The average molecular weight is 385 g/mol. The van der Waals surface area contributed by atoms with Crippen molar-refractivity contribution in [2.24, 2.45) is 11.3 Å². The molecule has 1 amide bonds. The minimum Gasteiger partial charge on any atom is -0.351 e. The normalized spacial score (nSPS) is 23.7. The van der Waals surface area contributed by atoms with Crippen LogP contribution >= 0.6 is 11.6 Å². The fourth-order valence-corrected chi connectivity index (χ4v) is 4.27. The van der Waals surface area contributed by atoms with Gasteiger partial charge < -0.3 is 15.6 Å². The Balaban J connectivity index is 1.37. The highest BCUT2D eigenvalue weighted by Gasteiger charge is 2.42. The second-order valence-corrected chi connectivity index (χ2v) is 8.50. The van der Waals surface area contributed by atoms with Crippen LogP contribution in [0.2, 0.25) is 5.02 Å². The molecule has 0 unspecified atom stereocenters. The topological polar surface area (TPSA) is 80.7 Å². The number of aromatic nitrogens is 1. The predicted octanol–water partition coefficient (Wildman–Crippen LogP) is 4.00. The fraction of sp³-hybridized carbons (Fsp3) is 0.524. The smallest absolute Gasteiger partial charge is 0.267 e. The van der Waals surface area contributed by atoms with Crippen LogP contribution in [0.3, 0.4) is 0 Å². The molecule has 4 rings (SSSR count). The molecule has 6 heteroatoms. The summed E-state index contributed by atoms with van der Waals surface area (Å²) in [6.07, 6.45) is 6.48. The fourth-order valence-electron chi connectivity index (χ4n) is 4.09. The zero-order chi connectivity index (χ0) is 18.9. The molecule has 0 spiro atoms. The van der Waals surface area contributed by atoms with Gasteiger partial charge in [-0.25, -0.2) is 0 Å². The standard InChI is InChI=1S/C21H25ClN4O/c22-16-5-6-18-15(9-16)10-19(25-18)20(27)26-17-4-2-1-3-14(17)11-24-13-21(12-23)7-8-21/h5-6,9-10,14,17,24-25H,1-4,7-8,11,13H2,(H,26,27)/t14-,17+/m1/s1. The maximum absolute atomic E-state index is 12.8. The first kappa shape index (κ1) is 18.3. The van der Waals surface area contributed by atoms with Crippen LogP contribution in [-0.2, 0) is 0 Å². The number of rotatable bonds is 6. The van der Waals surface area contributed by atoms with Crippen molar-refractivity contribution >= 4 is 28.4 Å². The molecule has 2 saturated carbocycles. The summed E-state index contributed by atoms with van der Waals surface area (Å²) in [4.78, 5) is 15.9. The first-order chi connectivity index (χ1) is 13.1. The van der Waals surface area contributed by atoms with Crippen molar-refractivity contribution in [3.63, 3.8) is 0 Å².